The van der Waals surface area contributed by atoms with Crippen LogP contribution in [0.3, 0.4) is 0 Å². The summed E-state index contributed by atoms with van der Waals surface area (Å²) in [6, 6.07) is 10.5. The van der Waals surface area contributed by atoms with Gasteiger partial charge in [0.2, 0.25) is 0 Å². The molecule has 2 rings (SSSR count). The lowest BCUT2D eigenvalue weighted by molar-refractivity contribution is 1.23. The Labute approximate surface area is 103 Å². The van der Waals surface area contributed by atoms with E-state index in [4.69, 9.17) is 0 Å². The number of rotatable bonds is 3. The molecule has 0 unspecified atom stereocenters. The highest BCUT2D eigenvalue weighted by Crippen LogP contribution is 2.26. The van der Waals surface area contributed by atoms with E-state index in [1.54, 1.807) is 0 Å². The topological polar surface area (TPSA) is 12.9 Å². The van der Waals surface area contributed by atoms with E-state index in [-0.39, 0.29) is 0 Å². The first-order valence-corrected chi connectivity index (χ1v) is 5.99. The van der Waals surface area contributed by atoms with Gasteiger partial charge in [0.25, 0.3) is 0 Å². The van der Waals surface area contributed by atoms with Crippen LogP contribution in [0.2, 0.25) is 0 Å². The van der Waals surface area contributed by atoms with E-state index in [1.165, 1.54) is 22.3 Å². The highest BCUT2D eigenvalue weighted by Gasteiger charge is 2.04. The fraction of sp³-hybridized carbons (Fsp3) is 0.188. The van der Waals surface area contributed by atoms with Gasteiger partial charge in [-0.25, -0.2) is 0 Å². The molecule has 86 valence electrons. The third-order valence-corrected chi connectivity index (χ3v) is 2.84. The summed E-state index contributed by atoms with van der Waals surface area (Å²) in [4.78, 5) is 4.07. The Bertz CT molecular complexity index is 512. The second kappa shape index (κ2) is 5.44. The maximum atomic E-state index is 4.07. The summed E-state index contributed by atoms with van der Waals surface area (Å²) >= 11 is 0. The van der Waals surface area contributed by atoms with Gasteiger partial charge in [-0.1, -0.05) is 37.3 Å². The van der Waals surface area contributed by atoms with Crippen LogP contribution < -0.4 is 0 Å². The smallest absolute Gasteiger partial charge is 0.0273 e. The molecule has 0 saturated heterocycles. The van der Waals surface area contributed by atoms with Crippen LogP contribution in [0.25, 0.3) is 17.2 Å². The van der Waals surface area contributed by atoms with Crippen molar-refractivity contribution in [1.29, 1.82) is 0 Å². The second-order valence-corrected chi connectivity index (χ2v) is 4.08. The van der Waals surface area contributed by atoms with Crippen molar-refractivity contribution in [1.82, 2.24) is 4.98 Å². The van der Waals surface area contributed by atoms with Gasteiger partial charge in [0.15, 0.2) is 0 Å². The lowest BCUT2D eigenvalue weighted by Crippen LogP contribution is -1.87. The highest BCUT2D eigenvalue weighted by molar-refractivity contribution is 5.76. The Morgan fingerprint density at radius 2 is 1.88 bits per heavy atom. The van der Waals surface area contributed by atoms with Crippen molar-refractivity contribution in [3.05, 3.63) is 59.9 Å². The molecule has 0 radical (unpaired) electrons. The third kappa shape index (κ3) is 2.62. The Morgan fingerprint density at radius 1 is 1.12 bits per heavy atom. The van der Waals surface area contributed by atoms with Gasteiger partial charge in [-0.15, -0.1) is 0 Å². The van der Waals surface area contributed by atoms with Gasteiger partial charge in [0, 0.05) is 12.4 Å². The summed E-state index contributed by atoms with van der Waals surface area (Å²) in [6.07, 6.45) is 9.15. The summed E-state index contributed by atoms with van der Waals surface area (Å²) in [7, 11) is 0. The Kier molecular flexibility index (Phi) is 3.71. The van der Waals surface area contributed by atoms with Crippen molar-refractivity contribution in [3.63, 3.8) is 0 Å². The fourth-order valence-electron chi connectivity index (χ4n) is 1.92. The predicted molar refractivity (Wildman–Crippen MR) is 73.7 cm³/mol. The molecule has 1 nitrogen and oxygen atoms in total. The molecule has 0 aliphatic rings. The van der Waals surface area contributed by atoms with E-state index in [1.807, 2.05) is 12.4 Å². The van der Waals surface area contributed by atoms with E-state index in [0.717, 1.165) is 6.42 Å². The summed E-state index contributed by atoms with van der Waals surface area (Å²) in [5.74, 6) is 0. The average Bonchev–Trinajstić information content (AvgIpc) is 2.38. The van der Waals surface area contributed by atoms with Crippen LogP contribution in [-0.4, -0.2) is 4.98 Å². The van der Waals surface area contributed by atoms with Crippen LogP contribution in [0.1, 0.15) is 24.5 Å². The molecule has 0 aliphatic heterocycles. The van der Waals surface area contributed by atoms with E-state index in [9.17, 15) is 0 Å². The maximum Gasteiger partial charge on any atom is 0.0273 e. The SMILES string of the molecule is CC/C=C\c1c(C)cccc1-c1ccncc1. The quantitative estimate of drug-likeness (QED) is 0.747. The predicted octanol–water partition coefficient (Wildman–Crippen LogP) is 4.48. The van der Waals surface area contributed by atoms with Crippen molar-refractivity contribution in [3.8, 4) is 11.1 Å². The molecule has 2 aromatic rings. The number of hydrogen-bond donors (Lipinski definition) is 0. The molecule has 1 heterocycles. The van der Waals surface area contributed by atoms with Gasteiger partial charge >= 0.3 is 0 Å². The third-order valence-electron chi connectivity index (χ3n) is 2.84. The standard InChI is InChI=1S/C16H17N/c1-3-4-7-15-13(2)6-5-8-16(15)14-9-11-17-12-10-14/h4-12H,3H2,1-2H3/b7-4-. The lowest BCUT2D eigenvalue weighted by atomic mass is 9.96. The molecule has 1 aromatic carbocycles. The molecule has 0 N–H and O–H groups in total. The highest BCUT2D eigenvalue weighted by atomic mass is 14.6. The fourth-order valence-corrected chi connectivity index (χ4v) is 1.92. The van der Waals surface area contributed by atoms with Gasteiger partial charge in [0.1, 0.15) is 0 Å². The number of aryl methyl sites for hydroxylation is 1. The van der Waals surface area contributed by atoms with E-state index in [0.29, 0.717) is 0 Å². The molecule has 0 aliphatic carbocycles. The van der Waals surface area contributed by atoms with Crippen molar-refractivity contribution in [2.45, 2.75) is 20.3 Å². The summed E-state index contributed by atoms with van der Waals surface area (Å²) in [5.41, 5.74) is 5.11. The summed E-state index contributed by atoms with van der Waals surface area (Å²) in [6.45, 7) is 4.31. The van der Waals surface area contributed by atoms with Crippen LogP contribution in [-0.2, 0) is 0 Å². The largest absolute Gasteiger partial charge is 0.265 e. The van der Waals surface area contributed by atoms with Crippen LogP contribution in [0, 0.1) is 6.92 Å². The maximum absolute atomic E-state index is 4.07. The molecular weight excluding hydrogens is 206 g/mol. The van der Waals surface area contributed by atoms with Gasteiger partial charge in [-0.05, 0) is 47.7 Å². The number of nitrogens with zero attached hydrogens (tertiary/aromatic N) is 1. The van der Waals surface area contributed by atoms with Crippen LogP contribution in [0.5, 0.6) is 0 Å². The zero-order chi connectivity index (χ0) is 12.1. The summed E-state index contributed by atoms with van der Waals surface area (Å²) in [5, 5.41) is 0. The molecule has 0 spiro atoms. The van der Waals surface area contributed by atoms with Gasteiger partial charge < -0.3 is 0 Å². The zero-order valence-electron chi connectivity index (χ0n) is 10.4. The van der Waals surface area contributed by atoms with Gasteiger partial charge in [0.05, 0.1) is 0 Å². The first-order valence-electron chi connectivity index (χ1n) is 5.99. The van der Waals surface area contributed by atoms with Crippen molar-refractivity contribution < 1.29 is 0 Å². The van der Waals surface area contributed by atoms with Crippen LogP contribution in [0.4, 0.5) is 0 Å². The minimum absolute atomic E-state index is 1.06. The van der Waals surface area contributed by atoms with Crippen LogP contribution in [0.15, 0.2) is 48.8 Å². The molecule has 0 bridgehead atoms. The van der Waals surface area contributed by atoms with Crippen molar-refractivity contribution >= 4 is 6.08 Å². The first kappa shape index (κ1) is 11.6. The van der Waals surface area contributed by atoms with E-state index in [2.05, 4.69) is 61.3 Å². The van der Waals surface area contributed by atoms with Crippen molar-refractivity contribution in [2.24, 2.45) is 0 Å². The minimum Gasteiger partial charge on any atom is -0.265 e. The number of aromatic nitrogens is 1. The Hall–Kier alpha value is -1.89. The molecule has 17 heavy (non-hydrogen) atoms. The molecular formula is C16H17N. The Balaban J connectivity index is 2.54. The second-order valence-electron chi connectivity index (χ2n) is 4.08. The van der Waals surface area contributed by atoms with Crippen LogP contribution >= 0.6 is 0 Å². The minimum atomic E-state index is 1.06. The monoisotopic (exact) mass is 223 g/mol. The molecule has 1 aromatic heterocycles. The number of benzene rings is 1. The van der Waals surface area contributed by atoms with Gasteiger partial charge in [-0.3, -0.25) is 4.98 Å². The molecule has 1 heteroatoms. The molecule has 0 saturated carbocycles. The molecule has 0 atom stereocenters. The Morgan fingerprint density at radius 3 is 2.59 bits per heavy atom. The number of pyridine rings is 1. The zero-order valence-corrected chi connectivity index (χ0v) is 10.4. The van der Waals surface area contributed by atoms with Crippen molar-refractivity contribution in [2.75, 3.05) is 0 Å². The first-order chi connectivity index (χ1) is 8.33. The van der Waals surface area contributed by atoms with E-state index < -0.39 is 0 Å². The number of allylic oxidation sites excluding steroid dienone is 1. The molecule has 0 amide bonds. The summed E-state index contributed by atoms with van der Waals surface area (Å²) < 4.78 is 0. The van der Waals surface area contributed by atoms with E-state index >= 15 is 0 Å². The lowest BCUT2D eigenvalue weighted by Gasteiger charge is -2.09. The molecule has 0 fully saturated rings. The normalized spacial score (nSPS) is 10.9. The number of hydrogen-bond acceptors (Lipinski definition) is 1. The van der Waals surface area contributed by atoms with Gasteiger partial charge in [-0.2, -0.15) is 0 Å². The average molecular weight is 223 g/mol.